The van der Waals surface area contributed by atoms with Crippen LogP contribution in [0.1, 0.15) is 25.7 Å². The maximum atomic E-state index is 4.94. The van der Waals surface area contributed by atoms with E-state index >= 15 is 0 Å². The lowest BCUT2D eigenvalue weighted by Crippen LogP contribution is -2.80. The number of hydrogen-bond acceptors (Lipinski definition) is 2. The van der Waals surface area contributed by atoms with Crippen molar-refractivity contribution < 1.29 is 9.47 Å². The molecule has 0 unspecified atom stereocenters. The first-order valence-electron chi connectivity index (χ1n) is 23.5. The molecule has 3 aliphatic rings. The molecular weight excluding hydrogens is 812 g/mol. The predicted molar refractivity (Wildman–Crippen MR) is 284 cm³/mol. The van der Waals surface area contributed by atoms with E-state index in [1.807, 2.05) is 0 Å². The van der Waals surface area contributed by atoms with Crippen LogP contribution in [-0.2, 0) is 9.47 Å². The van der Waals surface area contributed by atoms with Crippen LogP contribution in [0.2, 0.25) is 0 Å². The molecule has 0 aliphatic carbocycles. The van der Waals surface area contributed by atoms with Crippen molar-refractivity contribution >= 4 is 69.1 Å². The van der Waals surface area contributed by atoms with Gasteiger partial charge in [-0.2, -0.15) is 21.9 Å². The maximum Gasteiger partial charge on any atom is 0.257 e. The fourth-order valence-corrected chi connectivity index (χ4v) is 27.9. The van der Waals surface area contributed by atoms with E-state index in [1.165, 1.54) is 68.8 Å². The lowest BCUT2D eigenvalue weighted by atomic mass is 9.37. The third-order valence-electron chi connectivity index (χ3n) is 14.5. The lowest BCUT2D eigenvalue weighted by molar-refractivity contribution is 0.198. The van der Waals surface area contributed by atoms with Crippen molar-refractivity contribution in [3.05, 3.63) is 243 Å². The van der Waals surface area contributed by atoms with Crippen molar-refractivity contribution in [1.29, 1.82) is 0 Å². The molecule has 3 heterocycles. The normalized spacial score (nSPS) is 17.8. The maximum absolute atomic E-state index is 4.94. The van der Waals surface area contributed by atoms with Crippen molar-refractivity contribution in [2.45, 2.75) is 25.7 Å². The average Bonchev–Trinajstić information content (AvgIpc) is 4.20. The van der Waals surface area contributed by atoms with Crippen LogP contribution >= 0.6 is 14.3 Å². The predicted octanol–water partition coefficient (Wildman–Crippen LogP) is 9.53. The van der Waals surface area contributed by atoms with Crippen LogP contribution in [0.3, 0.4) is 0 Å². The van der Waals surface area contributed by atoms with Gasteiger partial charge in [0, 0.05) is 26.4 Å². The molecule has 0 N–H and O–H groups in total. The second-order valence-electron chi connectivity index (χ2n) is 17.7. The van der Waals surface area contributed by atoms with E-state index in [0.717, 1.165) is 38.6 Å². The number of rotatable bonds is 8. The molecule has 6 heteroatoms. The van der Waals surface area contributed by atoms with E-state index in [0.29, 0.717) is 0 Å². The monoisotopic (exact) mass is 872 g/mol. The lowest BCUT2D eigenvalue weighted by Gasteiger charge is -2.67. The Morgan fingerprint density at radius 3 is 0.609 bits per heavy atom. The van der Waals surface area contributed by atoms with Crippen molar-refractivity contribution in [1.82, 2.24) is 0 Å². The third kappa shape index (κ3) is 8.16. The molecule has 0 bridgehead atoms. The smallest absolute Gasteiger partial charge is 0.257 e. The van der Waals surface area contributed by atoms with E-state index in [2.05, 4.69) is 243 Å². The van der Waals surface area contributed by atoms with Gasteiger partial charge >= 0.3 is 0 Å². The Bertz CT molecular complexity index is 2060. The molecule has 3 aliphatic heterocycles. The summed E-state index contributed by atoms with van der Waals surface area (Å²) in [5.41, 5.74) is 5.86. The van der Waals surface area contributed by atoms with Gasteiger partial charge in [0.15, 0.2) is 0 Å². The zero-order valence-corrected chi connectivity index (χ0v) is 38.8. The topological polar surface area (TPSA) is 18.5 Å². The minimum absolute atomic E-state index is 1.00. The summed E-state index contributed by atoms with van der Waals surface area (Å²) in [6.45, 7) is 4.00. The molecular formula is C58H60B2O2P2. The molecule has 3 fully saturated rings. The summed E-state index contributed by atoms with van der Waals surface area (Å²) < 4.78 is 9.89. The summed E-state index contributed by atoms with van der Waals surface area (Å²) in [6, 6.07) is 96.0. The van der Waals surface area contributed by atoms with E-state index in [-0.39, 0.29) is 0 Å². The summed E-state index contributed by atoms with van der Waals surface area (Å²) in [5, 5.41) is 5.95. The van der Waals surface area contributed by atoms with Crippen molar-refractivity contribution in [3.8, 4) is 0 Å². The van der Waals surface area contributed by atoms with Crippen LogP contribution in [0.15, 0.2) is 243 Å². The highest BCUT2D eigenvalue weighted by atomic mass is 31.2. The molecule has 2 nitrogen and oxygen atoms in total. The summed E-state index contributed by atoms with van der Waals surface area (Å²) in [6.07, 6.45) is 5.11. The van der Waals surface area contributed by atoms with Gasteiger partial charge in [0.25, 0.3) is 11.7 Å². The largest absolute Gasteiger partial charge is 0.381 e. The molecule has 8 aromatic rings. The summed E-state index contributed by atoms with van der Waals surface area (Å²) in [5.74, 6) is -3.01. The van der Waals surface area contributed by atoms with Crippen LogP contribution < -0.4 is 43.1 Å². The second kappa shape index (κ2) is 20.7. The van der Waals surface area contributed by atoms with Crippen LogP contribution in [0.5, 0.6) is 0 Å². The summed E-state index contributed by atoms with van der Waals surface area (Å²) >= 11 is 0. The first kappa shape index (κ1) is 43.9. The Morgan fingerprint density at radius 1 is 0.250 bits per heavy atom. The highest BCUT2D eigenvalue weighted by Crippen LogP contribution is 2.79. The SMILES string of the molecule is C1CCOC1.C1CCOC1.c1ccc([B-]2(c3ccccc3)C[P+](c3ccccc3)(c3ccccc3)[B-](c3ccccc3)(c3ccccc3)C[P+]2(c2ccccc2)c2ccccc2)cc1. The molecule has 320 valence electrons. The summed E-state index contributed by atoms with van der Waals surface area (Å²) in [7, 11) is -4.87. The van der Waals surface area contributed by atoms with E-state index < -0.39 is 26.0 Å². The Kier molecular flexibility index (Phi) is 14.2. The van der Waals surface area contributed by atoms with Gasteiger partial charge in [0.2, 0.25) is 0 Å². The zero-order valence-electron chi connectivity index (χ0n) is 37.0. The fraction of sp³-hybridized carbons (Fsp3) is 0.172. The van der Waals surface area contributed by atoms with Gasteiger partial charge in [0.1, 0.15) is 0 Å². The standard InChI is InChI=1S/C50H44B2P2.2C4H8O/c1-9-25-43(26-10-1)51(44-27-11-2-12-28-44)41-54(49-37-21-7-22-38-49,50-39-23-8-24-40-50)52(45-29-13-3-14-30-45,46-31-15-4-16-32-46)42-53(51,47-33-17-5-18-34-47)48-35-19-6-20-36-48;2*1-2-4-5-3-1/h1-40H,41-42H2;2*1-4H2. The van der Waals surface area contributed by atoms with E-state index in [1.54, 1.807) is 0 Å². The average molecular weight is 873 g/mol. The zero-order chi connectivity index (χ0) is 43.4. The van der Waals surface area contributed by atoms with Gasteiger partial charge in [0.05, 0.1) is 21.2 Å². The molecule has 0 spiro atoms. The van der Waals surface area contributed by atoms with Crippen molar-refractivity contribution in [3.63, 3.8) is 0 Å². The van der Waals surface area contributed by atoms with Gasteiger partial charge in [-0.1, -0.05) is 194 Å². The van der Waals surface area contributed by atoms with Gasteiger partial charge in [-0.15, -0.1) is 14.3 Å². The highest BCUT2D eigenvalue weighted by molar-refractivity contribution is 8.34. The number of benzene rings is 8. The first-order chi connectivity index (χ1) is 31.8. The Labute approximate surface area is 383 Å². The van der Waals surface area contributed by atoms with Crippen molar-refractivity contribution in [2.24, 2.45) is 0 Å². The molecule has 3 saturated heterocycles. The van der Waals surface area contributed by atoms with Gasteiger partial charge in [-0.25, -0.2) is 0 Å². The minimum Gasteiger partial charge on any atom is -0.381 e. The van der Waals surface area contributed by atoms with Crippen LogP contribution in [-0.4, -0.2) is 50.3 Å². The Morgan fingerprint density at radius 2 is 0.438 bits per heavy atom. The number of ether oxygens (including phenoxy) is 2. The summed E-state index contributed by atoms with van der Waals surface area (Å²) in [4.78, 5) is 0. The van der Waals surface area contributed by atoms with E-state index in [4.69, 9.17) is 9.47 Å². The first-order valence-corrected chi connectivity index (χ1v) is 27.5. The quantitative estimate of drug-likeness (QED) is 0.112. The molecule has 0 amide bonds. The third-order valence-corrected chi connectivity index (χ3v) is 26.8. The molecule has 0 saturated carbocycles. The van der Waals surface area contributed by atoms with Crippen molar-refractivity contribution in [2.75, 3.05) is 38.6 Å². The van der Waals surface area contributed by atoms with Crippen LogP contribution in [0.4, 0.5) is 0 Å². The second-order valence-corrected chi connectivity index (χ2v) is 25.7. The van der Waals surface area contributed by atoms with Gasteiger partial charge < -0.3 is 9.47 Å². The minimum atomic E-state index is -2.44. The Balaban J connectivity index is 0.000000459. The fourth-order valence-electron chi connectivity index (χ4n) is 11.9. The highest BCUT2D eigenvalue weighted by Gasteiger charge is 2.73. The van der Waals surface area contributed by atoms with Gasteiger partial charge in [-0.3, -0.25) is 0 Å². The molecule has 0 atom stereocenters. The van der Waals surface area contributed by atoms with Gasteiger partial charge in [-0.05, 0) is 86.3 Å². The molecule has 8 aromatic carbocycles. The van der Waals surface area contributed by atoms with Crippen LogP contribution in [0, 0.1) is 0 Å². The number of hydrogen-bond donors (Lipinski definition) is 0. The van der Waals surface area contributed by atoms with E-state index in [9.17, 15) is 0 Å². The Hall–Kier alpha value is -5.33. The molecule has 0 aromatic heterocycles. The molecule has 64 heavy (non-hydrogen) atoms. The molecule has 11 rings (SSSR count). The molecule has 0 radical (unpaired) electrons. The van der Waals surface area contributed by atoms with Crippen LogP contribution in [0.25, 0.3) is 0 Å².